The molecule has 0 aromatic heterocycles. The van der Waals surface area contributed by atoms with Crippen LogP contribution in [0.15, 0.2) is 12.0 Å². The largest absolute Gasteiger partial charge is 0.463 e. The Morgan fingerprint density at radius 2 is 2.43 bits per heavy atom. The van der Waals surface area contributed by atoms with Crippen LogP contribution < -0.4 is 5.73 Å². The van der Waals surface area contributed by atoms with Crippen LogP contribution >= 0.6 is 0 Å². The normalized spacial score (nSPS) is 15.3. The SMILES string of the molecule is NCCCC1=CO1. The van der Waals surface area contributed by atoms with Crippen molar-refractivity contribution in [1.82, 2.24) is 0 Å². The molecular formula is C5H9NO. The maximum Gasteiger partial charge on any atom is 0.138 e. The van der Waals surface area contributed by atoms with Crippen LogP contribution in [-0.4, -0.2) is 6.54 Å². The van der Waals surface area contributed by atoms with E-state index in [4.69, 9.17) is 10.5 Å². The lowest BCUT2D eigenvalue weighted by Crippen LogP contribution is -1.96. The van der Waals surface area contributed by atoms with Crippen molar-refractivity contribution in [2.75, 3.05) is 6.54 Å². The second-order valence-corrected chi connectivity index (χ2v) is 1.59. The Morgan fingerprint density at radius 1 is 1.71 bits per heavy atom. The second-order valence-electron chi connectivity index (χ2n) is 1.59. The van der Waals surface area contributed by atoms with Crippen LogP contribution in [0.3, 0.4) is 0 Å². The molecule has 1 aliphatic rings. The Balaban J connectivity index is 1.89. The Labute approximate surface area is 43.0 Å². The first-order valence-corrected chi connectivity index (χ1v) is 2.49. The van der Waals surface area contributed by atoms with Crippen LogP contribution in [0.2, 0.25) is 0 Å². The van der Waals surface area contributed by atoms with Gasteiger partial charge in [0.25, 0.3) is 0 Å². The van der Waals surface area contributed by atoms with Crippen molar-refractivity contribution in [2.45, 2.75) is 12.8 Å². The molecule has 1 aliphatic heterocycles. The quantitative estimate of drug-likeness (QED) is 0.562. The van der Waals surface area contributed by atoms with E-state index in [2.05, 4.69) is 0 Å². The molecule has 0 saturated carbocycles. The van der Waals surface area contributed by atoms with E-state index in [1.807, 2.05) is 0 Å². The van der Waals surface area contributed by atoms with Crippen molar-refractivity contribution in [3.8, 4) is 0 Å². The molecule has 0 radical (unpaired) electrons. The maximum atomic E-state index is 5.22. The zero-order valence-electron chi connectivity index (χ0n) is 4.18. The molecule has 2 heteroatoms. The van der Waals surface area contributed by atoms with Gasteiger partial charge in [0.05, 0.1) is 0 Å². The molecule has 0 bridgehead atoms. The zero-order valence-corrected chi connectivity index (χ0v) is 4.18. The minimum Gasteiger partial charge on any atom is -0.463 e. The summed E-state index contributed by atoms with van der Waals surface area (Å²) < 4.78 is 4.75. The van der Waals surface area contributed by atoms with Gasteiger partial charge in [0.15, 0.2) is 0 Å². The van der Waals surface area contributed by atoms with Crippen LogP contribution in [0, 0.1) is 0 Å². The third kappa shape index (κ3) is 1.59. The van der Waals surface area contributed by atoms with E-state index in [0.29, 0.717) is 0 Å². The summed E-state index contributed by atoms with van der Waals surface area (Å²) in [5.74, 6) is 1.10. The summed E-state index contributed by atoms with van der Waals surface area (Å²) in [6.45, 7) is 0.765. The van der Waals surface area contributed by atoms with Gasteiger partial charge >= 0.3 is 0 Å². The second kappa shape index (κ2) is 1.98. The van der Waals surface area contributed by atoms with Crippen molar-refractivity contribution >= 4 is 0 Å². The standard InChI is InChI=1S/C5H9NO/c6-3-1-2-5-4-7-5/h4H,1-3,6H2. The van der Waals surface area contributed by atoms with E-state index in [9.17, 15) is 0 Å². The van der Waals surface area contributed by atoms with Crippen LogP contribution in [-0.2, 0) is 4.74 Å². The lowest BCUT2D eigenvalue weighted by molar-refractivity contribution is 0.478. The molecule has 0 amide bonds. The first kappa shape index (κ1) is 4.65. The van der Waals surface area contributed by atoms with Gasteiger partial charge in [-0.15, -0.1) is 0 Å². The van der Waals surface area contributed by atoms with Gasteiger partial charge in [0.2, 0.25) is 0 Å². The van der Waals surface area contributed by atoms with E-state index >= 15 is 0 Å². The molecule has 1 heterocycles. The predicted octanol–water partition coefficient (Wildman–Crippen LogP) is 0.597. The molecule has 0 atom stereocenters. The molecule has 0 unspecified atom stereocenters. The third-order valence-electron chi connectivity index (χ3n) is 0.912. The average molecular weight is 99.1 g/mol. The number of rotatable bonds is 3. The lowest BCUT2D eigenvalue weighted by atomic mass is 10.3. The van der Waals surface area contributed by atoms with Crippen LogP contribution in [0.5, 0.6) is 0 Å². The van der Waals surface area contributed by atoms with Gasteiger partial charge in [-0.1, -0.05) is 0 Å². The molecule has 0 saturated heterocycles. The zero-order chi connectivity index (χ0) is 5.11. The Hall–Kier alpha value is -0.500. The third-order valence-corrected chi connectivity index (χ3v) is 0.912. The molecule has 0 spiro atoms. The number of hydrogen-bond acceptors (Lipinski definition) is 2. The summed E-state index contributed by atoms with van der Waals surface area (Å²) in [4.78, 5) is 0. The summed E-state index contributed by atoms with van der Waals surface area (Å²) >= 11 is 0. The molecule has 2 N–H and O–H groups in total. The minimum atomic E-state index is 0.765. The predicted molar refractivity (Wildman–Crippen MR) is 27.5 cm³/mol. The van der Waals surface area contributed by atoms with Crippen LogP contribution in [0.4, 0.5) is 0 Å². The molecule has 40 valence electrons. The Morgan fingerprint density at radius 3 is 2.86 bits per heavy atom. The summed E-state index contributed by atoms with van der Waals surface area (Å²) in [6, 6.07) is 0. The summed E-state index contributed by atoms with van der Waals surface area (Å²) in [7, 11) is 0. The van der Waals surface area contributed by atoms with Crippen molar-refractivity contribution in [3.05, 3.63) is 12.0 Å². The Bertz CT molecular complexity index is 88.1. The van der Waals surface area contributed by atoms with Crippen molar-refractivity contribution in [3.63, 3.8) is 0 Å². The first-order chi connectivity index (χ1) is 3.43. The van der Waals surface area contributed by atoms with E-state index in [1.54, 1.807) is 6.26 Å². The topological polar surface area (TPSA) is 38.5 Å². The fourth-order valence-electron chi connectivity index (χ4n) is 0.436. The maximum absolute atomic E-state index is 5.22. The van der Waals surface area contributed by atoms with Gasteiger partial charge < -0.3 is 10.5 Å². The average Bonchev–Trinajstić information content (AvgIpc) is 2.42. The number of hydrogen-bond donors (Lipinski definition) is 1. The fourth-order valence-corrected chi connectivity index (χ4v) is 0.436. The van der Waals surface area contributed by atoms with Crippen molar-refractivity contribution < 1.29 is 4.74 Å². The first-order valence-electron chi connectivity index (χ1n) is 2.49. The lowest BCUT2D eigenvalue weighted by Gasteiger charge is -1.84. The monoisotopic (exact) mass is 99.1 g/mol. The van der Waals surface area contributed by atoms with Gasteiger partial charge in [0, 0.05) is 6.42 Å². The van der Waals surface area contributed by atoms with Crippen LogP contribution in [0.1, 0.15) is 12.8 Å². The number of ether oxygens (including phenoxy) is 1. The van der Waals surface area contributed by atoms with Gasteiger partial charge in [-0.25, -0.2) is 0 Å². The summed E-state index contributed by atoms with van der Waals surface area (Å²) in [5, 5.41) is 0. The summed E-state index contributed by atoms with van der Waals surface area (Å²) in [6.07, 6.45) is 3.83. The van der Waals surface area contributed by atoms with Gasteiger partial charge in [0.1, 0.15) is 12.0 Å². The van der Waals surface area contributed by atoms with Crippen LogP contribution in [0.25, 0.3) is 0 Å². The highest BCUT2D eigenvalue weighted by atomic mass is 16.5. The highest BCUT2D eigenvalue weighted by Gasteiger charge is 2.06. The van der Waals surface area contributed by atoms with Crippen molar-refractivity contribution in [2.24, 2.45) is 5.73 Å². The van der Waals surface area contributed by atoms with Gasteiger partial charge in [-0.2, -0.15) is 0 Å². The molecule has 0 aromatic carbocycles. The molecule has 0 aliphatic carbocycles. The van der Waals surface area contributed by atoms with Gasteiger partial charge in [-0.3, -0.25) is 0 Å². The number of nitrogens with two attached hydrogens (primary N) is 1. The summed E-state index contributed by atoms with van der Waals surface area (Å²) in [5.41, 5.74) is 5.22. The molecule has 2 nitrogen and oxygen atoms in total. The van der Waals surface area contributed by atoms with Crippen molar-refractivity contribution in [1.29, 1.82) is 0 Å². The molecule has 7 heavy (non-hydrogen) atoms. The number of allylic oxidation sites excluding steroid dienone is 1. The van der Waals surface area contributed by atoms with E-state index < -0.39 is 0 Å². The highest BCUT2D eigenvalue weighted by molar-refractivity contribution is 5.01. The highest BCUT2D eigenvalue weighted by Crippen LogP contribution is 2.17. The molecule has 0 fully saturated rings. The molecule has 1 rings (SSSR count). The molecule has 0 aromatic rings. The van der Waals surface area contributed by atoms with E-state index in [0.717, 1.165) is 25.1 Å². The molecular weight excluding hydrogens is 90.1 g/mol. The Kier molecular flexibility index (Phi) is 1.32. The van der Waals surface area contributed by atoms with E-state index in [1.165, 1.54) is 0 Å². The minimum absolute atomic E-state index is 0.765. The smallest absolute Gasteiger partial charge is 0.138 e. The van der Waals surface area contributed by atoms with Gasteiger partial charge in [-0.05, 0) is 13.0 Å². The van der Waals surface area contributed by atoms with E-state index in [-0.39, 0.29) is 0 Å². The fraction of sp³-hybridized carbons (Fsp3) is 0.600.